The van der Waals surface area contributed by atoms with Crippen LogP contribution in [0.15, 0.2) is 64.5 Å². The van der Waals surface area contributed by atoms with Crippen LogP contribution in [0.4, 0.5) is 17.2 Å². The Kier molecular flexibility index (Phi) is 11.2. The van der Waals surface area contributed by atoms with Gasteiger partial charge < -0.3 is 25.8 Å². The molecule has 2 aliphatic carbocycles. The number of pyridine rings is 1. The zero-order valence-electron chi connectivity index (χ0n) is 32.9. The van der Waals surface area contributed by atoms with E-state index in [1.54, 1.807) is 6.07 Å². The van der Waals surface area contributed by atoms with Gasteiger partial charge in [0.05, 0.1) is 44.6 Å². The summed E-state index contributed by atoms with van der Waals surface area (Å²) in [5.41, 5.74) is 7.91. The number of aliphatic hydroxyl groups is 1. The van der Waals surface area contributed by atoms with E-state index in [0.717, 1.165) is 70.4 Å². The number of nitro groups is 1. The van der Waals surface area contributed by atoms with Crippen molar-refractivity contribution in [1.82, 2.24) is 9.88 Å². The zero-order valence-corrected chi connectivity index (χ0v) is 33.8. The van der Waals surface area contributed by atoms with Crippen molar-refractivity contribution in [1.29, 1.82) is 0 Å². The molecule has 2 atom stereocenters. The molecule has 14 heteroatoms. The lowest BCUT2D eigenvalue weighted by Gasteiger charge is -2.58. The minimum absolute atomic E-state index is 0.0327. The van der Waals surface area contributed by atoms with Crippen LogP contribution < -0.4 is 16.0 Å². The number of benzene rings is 2. The van der Waals surface area contributed by atoms with Crippen molar-refractivity contribution in [2.45, 2.75) is 119 Å². The number of hydrogen-bond acceptors (Lipinski definition) is 11. The second kappa shape index (κ2) is 15.7. The quantitative estimate of drug-likeness (QED) is 0.141. The standard InChI is InChI=1S/C42H56N6O7S/c1-27(2)33-7-5-6-8-34(33)37-26-55-28(3)25-47(37)31-21-42(22-31)15-17-46(18-16-42)30-9-10-35(39(43)49)38(19-30)56(53,54)32-20-36(48(51)52)40(45-24-32)44-23-29-11-13-41(4,50)14-12-29/h5-10,19-20,24,27-29,31,37,50H,11-18,21-23,25-26H2,1-4H3,(H2,43,49)(H,44,45)/t28-,29?,37-,41?/m0/s1. The van der Waals surface area contributed by atoms with Crippen LogP contribution in [0.5, 0.6) is 0 Å². The molecule has 3 heterocycles. The number of nitrogens with one attached hydrogen (secondary N) is 1. The number of amides is 1. The highest BCUT2D eigenvalue weighted by Gasteiger charge is 2.50. The van der Waals surface area contributed by atoms with Gasteiger partial charge in [-0.15, -0.1) is 0 Å². The number of morpholine rings is 1. The summed E-state index contributed by atoms with van der Waals surface area (Å²) >= 11 is 0. The van der Waals surface area contributed by atoms with Crippen LogP contribution in [0.1, 0.15) is 113 Å². The van der Waals surface area contributed by atoms with Gasteiger partial charge in [0.2, 0.25) is 21.6 Å². The molecule has 0 unspecified atom stereocenters. The molecule has 2 saturated heterocycles. The van der Waals surface area contributed by atoms with Gasteiger partial charge in [-0.25, -0.2) is 13.4 Å². The number of carbonyl (C=O) groups is 1. The van der Waals surface area contributed by atoms with Crippen molar-refractivity contribution < 1.29 is 28.0 Å². The summed E-state index contributed by atoms with van der Waals surface area (Å²) in [6.07, 6.45) is 8.17. The number of ether oxygens (including phenoxy) is 1. The molecule has 0 bridgehead atoms. The smallest absolute Gasteiger partial charge is 0.312 e. The Labute approximate surface area is 330 Å². The third-order valence-electron chi connectivity index (χ3n) is 13.0. The highest BCUT2D eigenvalue weighted by atomic mass is 32.2. The van der Waals surface area contributed by atoms with Crippen LogP contribution >= 0.6 is 0 Å². The molecule has 1 aromatic heterocycles. The van der Waals surface area contributed by atoms with Crippen LogP contribution in [-0.4, -0.2) is 84.8 Å². The molecule has 13 nitrogen and oxygen atoms in total. The summed E-state index contributed by atoms with van der Waals surface area (Å²) in [7, 11) is -4.44. The summed E-state index contributed by atoms with van der Waals surface area (Å²) in [5, 5.41) is 25.4. The Balaban J connectivity index is 1.05. The van der Waals surface area contributed by atoms with E-state index in [2.05, 4.69) is 65.1 Å². The Bertz CT molecular complexity index is 2050. The minimum atomic E-state index is -4.44. The molecule has 2 aliphatic heterocycles. The van der Waals surface area contributed by atoms with Gasteiger partial charge in [0, 0.05) is 50.2 Å². The van der Waals surface area contributed by atoms with Crippen LogP contribution in [0, 0.1) is 21.4 Å². The number of nitrogens with two attached hydrogens (primary N) is 1. The van der Waals surface area contributed by atoms with Crippen LogP contribution in [0.3, 0.4) is 0 Å². The number of sulfone groups is 1. The van der Waals surface area contributed by atoms with Crippen molar-refractivity contribution >= 4 is 32.9 Å². The molecule has 56 heavy (non-hydrogen) atoms. The Morgan fingerprint density at radius 2 is 1.80 bits per heavy atom. The van der Waals surface area contributed by atoms with Crippen molar-refractivity contribution in [2.24, 2.45) is 17.1 Å². The SMILES string of the molecule is CC(C)c1ccccc1[C@@H]1CO[C@@H](C)CN1C1CC2(CCN(c3ccc(C(N)=O)c(S(=O)(=O)c4cnc(NCC5CCC(C)(O)CC5)c([N+](=O)[O-])c4)c3)CC2)C1. The molecule has 2 aromatic carbocycles. The summed E-state index contributed by atoms with van der Waals surface area (Å²) in [5.74, 6) is -0.329. The molecule has 3 aromatic rings. The average Bonchev–Trinajstić information content (AvgIpc) is 3.16. The fourth-order valence-corrected chi connectivity index (χ4v) is 11.0. The topological polar surface area (TPSA) is 181 Å². The summed E-state index contributed by atoms with van der Waals surface area (Å²) < 4.78 is 34.5. The lowest BCUT2D eigenvalue weighted by Crippen LogP contribution is -2.59. The first-order valence-electron chi connectivity index (χ1n) is 20.1. The van der Waals surface area contributed by atoms with Gasteiger partial charge in [0.1, 0.15) is 0 Å². The van der Waals surface area contributed by atoms with E-state index in [0.29, 0.717) is 43.6 Å². The fourth-order valence-electron chi connectivity index (χ4n) is 9.52. The minimum Gasteiger partial charge on any atom is -0.390 e. The highest BCUT2D eigenvalue weighted by Crippen LogP contribution is 2.53. The third-order valence-corrected chi connectivity index (χ3v) is 14.8. The van der Waals surface area contributed by atoms with E-state index in [4.69, 9.17) is 10.5 Å². The van der Waals surface area contributed by atoms with E-state index < -0.39 is 36.9 Å². The largest absolute Gasteiger partial charge is 0.390 e. The van der Waals surface area contributed by atoms with Gasteiger partial charge in [0.25, 0.3) is 0 Å². The van der Waals surface area contributed by atoms with Crippen molar-refractivity contribution in [2.75, 3.05) is 43.0 Å². The van der Waals surface area contributed by atoms with Crippen molar-refractivity contribution in [3.05, 3.63) is 81.5 Å². The molecule has 4 fully saturated rings. The van der Waals surface area contributed by atoms with E-state index in [9.17, 15) is 28.4 Å². The van der Waals surface area contributed by atoms with E-state index in [1.165, 1.54) is 23.3 Å². The Morgan fingerprint density at radius 3 is 2.46 bits per heavy atom. The normalized spacial score (nSPS) is 25.9. The number of carbonyl (C=O) groups excluding carboxylic acids is 1. The van der Waals surface area contributed by atoms with Gasteiger partial charge in [-0.2, -0.15) is 0 Å². The molecule has 302 valence electrons. The fraction of sp³-hybridized carbons (Fsp3) is 0.571. The van der Waals surface area contributed by atoms with Gasteiger partial charge in [-0.1, -0.05) is 38.1 Å². The van der Waals surface area contributed by atoms with Crippen molar-refractivity contribution in [3.63, 3.8) is 0 Å². The number of rotatable bonds is 11. The van der Waals surface area contributed by atoms with E-state index in [-0.39, 0.29) is 39.8 Å². The molecule has 4 aliphatic rings. The molecule has 0 radical (unpaired) electrons. The van der Waals surface area contributed by atoms with Crippen LogP contribution in [-0.2, 0) is 14.6 Å². The van der Waals surface area contributed by atoms with Crippen LogP contribution in [0.25, 0.3) is 0 Å². The van der Waals surface area contributed by atoms with Gasteiger partial charge in [0.15, 0.2) is 0 Å². The Hall–Kier alpha value is -4.11. The average molecular weight is 789 g/mol. The first-order chi connectivity index (χ1) is 26.6. The number of primary amides is 1. The first kappa shape index (κ1) is 40.1. The molecule has 1 amide bonds. The molecule has 4 N–H and O–H groups in total. The second-order valence-electron chi connectivity index (χ2n) is 17.4. The second-order valence-corrected chi connectivity index (χ2v) is 19.3. The molecule has 1 spiro atoms. The Morgan fingerprint density at radius 1 is 1.11 bits per heavy atom. The van der Waals surface area contributed by atoms with Gasteiger partial charge in [-0.05, 0) is 112 Å². The molecule has 2 saturated carbocycles. The maximum atomic E-state index is 14.2. The van der Waals surface area contributed by atoms with E-state index >= 15 is 0 Å². The van der Waals surface area contributed by atoms with Crippen LogP contribution in [0.2, 0.25) is 0 Å². The molecular formula is C42H56N6O7S. The summed E-state index contributed by atoms with van der Waals surface area (Å²) in [6, 6.07) is 15.1. The predicted molar refractivity (Wildman–Crippen MR) is 215 cm³/mol. The monoisotopic (exact) mass is 788 g/mol. The number of aromatic nitrogens is 1. The maximum Gasteiger partial charge on any atom is 0.312 e. The number of hydrogen-bond donors (Lipinski definition) is 3. The lowest BCUT2D eigenvalue weighted by atomic mass is 9.59. The molecule has 7 rings (SSSR count). The van der Waals surface area contributed by atoms with Gasteiger partial charge in [-0.3, -0.25) is 19.8 Å². The molecular weight excluding hydrogens is 733 g/mol. The first-order valence-corrected chi connectivity index (χ1v) is 21.5. The summed E-state index contributed by atoms with van der Waals surface area (Å²) in [4.78, 5) is 32.4. The maximum absolute atomic E-state index is 14.2. The lowest BCUT2D eigenvalue weighted by molar-refractivity contribution is -0.384. The predicted octanol–water partition coefficient (Wildman–Crippen LogP) is 6.61. The van der Waals surface area contributed by atoms with E-state index in [1.807, 2.05) is 6.92 Å². The zero-order chi connectivity index (χ0) is 40.0. The number of anilines is 2. The summed E-state index contributed by atoms with van der Waals surface area (Å²) in [6.45, 7) is 11.9. The van der Waals surface area contributed by atoms with Crippen molar-refractivity contribution in [3.8, 4) is 0 Å². The van der Waals surface area contributed by atoms with Gasteiger partial charge >= 0.3 is 5.69 Å². The number of nitrogens with zero attached hydrogens (tertiary/aromatic N) is 4. The highest BCUT2D eigenvalue weighted by molar-refractivity contribution is 7.91. The third kappa shape index (κ3) is 8.16. The number of piperidine rings is 1.